The summed E-state index contributed by atoms with van der Waals surface area (Å²) in [6.07, 6.45) is -3.64. The van der Waals surface area contributed by atoms with Gasteiger partial charge in [0.15, 0.2) is 6.61 Å². The van der Waals surface area contributed by atoms with Gasteiger partial charge in [-0.25, -0.2) is 0 Å². The van der Waals surface area contributed by atoms with Crippen molar-refractivity contribution in [2.45, 2.75) is 39.0 Å². The van der Waals surface area contributed by atoms with Crippen molar-refractivity contribution in [3.63, 3.8) is 0 Å². The average Bonchev–Trinajstić information content (AvgIpc) is 2.48. The number of ether oxygens (including phenoxy) is 1. The number of halogens is 3. The van der Waals surface area contributed by atoms with Gasteiger partial charge in [-0.2, -0.15) is 13.2 Å². The smallest absolute Gasteiger partial charge is 0.422 e. The molecule has 0 spiro atoms. The highest BCUT2D eigenvalue weighted by atomic mass is 19.4. The Morgan fingerprint density at radius 3 is 2.59 bits per heavy atom. The van der Waals surface area contributed by atoms with Crippen LogP contribution in [0.4, 0.5) is 13.2 Å². The molecule has 2 atom stereocenters. The summed E-state index contributed by atoms with van der Waals surface area (Å²) >= 11 is 0. The number of carbonyl (C=O) groups excluding carboxylic acids is 1. The first kappa shape index (κ1) is 18.3. The molecule has 0 radical (unpaired) electrons. The van der Waals surface area contributed by atoms with E-state index in [1.54, 1.807) is 18.2 Å². The molecule has 1 rings (SSSR count). The molecule has 1 amide bonds. The van der Waals surface area contributed by atoms with Gasteiger partial charge in [0.25, 0.3) is 0 Å². The summed E-state index contributed by atoms with van der Waals surface area (Å²) in [5.74, 6) is -0.214. The number of carbonyl (C=O) groups is 1. The SMILES string of the molecule is CCC(C)C(N)C(=O)NCc1ccccc1OCC(F)(F)F. The zero-order valence-electron chi connectivity index (χ0n) is 12.6. The van der Waals surface area contributed by atoms with Gasteiger partial charge in [0, 0.05) is 12.1 Å². The summed E-state index contributed by atoms with van der Waals surface area (Å²) < 4.78 is 41.4. The lowest BCUT2D eigenvalue weighted by Gasteiger charge is -2.18. The summed E-state index contributed by atoms with van der Waals surface area (Å²) in [5.41, 5.74) is 6.27. The van der Waals surface area contributed by atoms with Crippen LogP contribution in [0.25, 0.3) is 0 Å². The van der Waals surface area contributed by atoms with Crippen molar-refractivity contribution in [1.29, 1.82) is 0 Å². The minimum absolute atomic E-state index is 0.0247. The van der Waals surface area contributed by atoms with E-state index >= 15 is 0 Å². The minimum atomic E-state index is -4.41. The Labute approximate surface area is 127 Å². The lowest BCUT2D eigenvalue weighted by atomic mass is 9.99. The molecule has 0 saturated carbocycles. The summed E-state index contributed by atoms with van der Waals surface area (Å²) in [4.78, 5) is 11.9. The van der Waals surface area contributed by atoms with Crippen molar-refractivity contribution in [1.82, 2.24) is 5.32 Å². The molecule has 1 aromatic rings. The van der Waals surface area contributed by atoms with Gasteiger partial charge in [0.1, 0.15) is 5.75 Å². The van der Waals surface area contributed by atoms with Gasteiger partial charge in [-0.05, 0) is 12.0 Å². The van der Waals surface area contributed by atoms with E-state index in [2.05, 4.69) is 5.32 Å². The monoisotopic (exact) mass is 318 g/mol. The van der Waals surface area contributed by atoms with E-state index in [4.69, 9.17) is 10.5 Å². The van der Waals surface area contributed by atoms with E-state index < -0.39 is 18.8 Å². The molecular formula is C15H21F3N2O2. The Hall–Kier alpha value is -1.76. The molecule has 7 heteroatoms. The molecule has 0 aliphatic rings. The Balaban J connectivity index is 2.64. The van der Waals surface area contributed by atoms with Crippen molar-refractivity contribution in [2.24, 2.45) is 11.7 Å². The molecule has 0 fully saturated rings. The molecule has 0 saturated heterocycles. The normalized spacial score (nSPS) is 14.3. The minimum Gasteiger partial charge on any atom is -0.484 e. The predicted octanol–water partition coefficient (Wildman–Crippen LogP) is 2.62. The predicted molar refractivity (Wildman–Crippen MR) is 77.3 cm³/mol. The third-order valence-electron chi connectivity index (χ3n) is 3.38. The fourth-order valence-corrected chi connectivity index (χ4v) is 1.76. The molecule has 124 valence electrons. The molecule has 3 N–H and O–H groups in total. The molecule has 2 unspecified atom stereocenters. The highest BCUT2D eigenvalue weighted by molar-refractivity contribution is 5.81. The second-order valence-electron chi connectivity index (χ2n) is 5.14. The first-order valence-corrected chi connectivity index (χ1v) is 7.05. The Bertz CT molecular complexity index is 492. The number of amides is 1. The number of benzene rings is 1. The molecule has 0 heterocycles. The van der Waals surface area contributed by atoms with E-state index in [0.717, 1.165) is 6.42 Å². The molecular weight excluding hydrogens is 297 g/mol. The highest BCUT2D eigenvalue weighted by Crippen LogP contribution is 2.22. The van der Waals surface area contributed by atoms with Gasteiger partial charge in [-0.1, -0.05) is 38.5 Å². The highest BCUT2D eigenvalue weighted by Gasteiger charge is 2.28. The maximum atomic E-state index is 12.2. The van der Waals surface area contributed by atoms with E-state index in [1.807, 2.05) is 13.8 Å². The first-order valence-electron chi connectivity index (χ1n) is 7.05. The summed E-state index contributed by atoms with van der Waals surface area (Å²) in [6.45, 7) is 2.49. The third kappa shape index (κ3) is 5.93. The summed E-state index contributed by atoms with van der Waals surface area (Å²) in [6, 6.07) is 5.62. The largest absolute Gasteiger partial charge is 0.484 e. The van der Waals surface area contributed by atoms with Crippen LogP contribution in [-0.4, -0.2) is 24.7 Å². The van der Waals surface area contributed by atoms with Crippen molar-refractivity contribution in [2.75, 3.05) is 6.61 Å². The fraction of sp³-hybridized carbons (Fsp3) is 0.533. The number of rotatable bonds is 7. The van der Waals surface area contributed by atoms with Crippen LogP contribution >= 0.6 is 0 Å². The van der Waals surface area contributed by atoms with Gasteiger partial charge in [-0.3, -0.25) is 4.79 Å². The van der Waals surface area contributed by atoms with Gasteiger partial charge >= 0.3 is 6.18 Å². The van der Waals surface area contributed by atoms with Crippen molar-refractivity contribution < 1.29 is 22.7 Å². The molecule has 0 aromatic heterocycles. The fourth-order valence-electron chi connectivity index (χ4n) is 1.76. The van der Waals surface area contributed by atoms with E-state index in [1.165, 1.54) is 6.07 Å². The van der Waals surface area contributed by atoms with Crippen LogP contribution in [0.1, 0.15) is 25.8 Å². The van der Waals surface area contributed by atoms with Gasteiger partial charge in [0.05, 0.1) is 6.04 Å². The van der Waals surface area contributed by atoms with Crippen LogP contribution in [0.15, 0.2) is 24.3 Å². The topological polar surface area (TPSA) is 64.4 Å². The van der Waals surface area contributed by atoms with E-state index in [0.29, 0.717) is 5.56 Å². The van der Waals surface area contributed by atoms with Gasteiger partial charge < -0.3 is 15.8 Å². The number of nitrogens with one attached hydrogen (secondary N) is 1. The van der Waals surface area contributed by atoms with Crippen LogP contribution in [0.2, 0.25) is 0 Å². The van der Waals surface area contributed by atoms with Crippen LogP contribution in [0.5, 0.6) is 5.75 Å². The maximum absolute atomic E-state index is 12.2. The summed E-state index contributed by atoms with van der Waals surface area (Å²) in [5, 5.41) is 2.63. The van der Waals surface area contributed by atoms with Crippen LogP contribution in [0, 0.1) is 5.92 Å². The number of hydrogen-bond acceptors (Lipinski definition) is 3. The molecule has 4 nitrogen and oxygen atoms in total. The molecule has 0 aliphatic heterocycles. The zero-order valence-corrected chi connectivity index (χ0v) is 12.6. The molecule has 0 aliphatic carbocycles. The van der Waals surface area contributed by atoms with Gasteiger partial charge in [0.2, 0.25) is 5.91 Å². The Morgan fingerprint density at radius 2 is 2.00 bits per heavy atom. The number of para-hydroxylation sites is 1. The number of nitrogens with two attached hydrogens (primary N) is 1. The molecule has 22 heavy (non-hydrogen) atoms. The summed E-state index contributed by atoms with van der Waals surface area (Å²) in [7, 11) is 0. The second kappa shape index (κ2) is 8.03. The quantitative estimate of drug-likeness (QED) is 0.812. The zero-order chi connectivity index (χ0) is 16.8. The maximum Gasteiger partial charge on any atom is 0.422 e. The second-order valence-corrected chi connectivity index (χ2v) is 5.14. The van der Waals surface area contributed by atoms with Crippen molar-refractivity contribution in [3.8, 4) is 5.75 Å². The third-order valence-corrected chi connectivity index (χ3v) is 3.38. The van der Waals surface area contributed by atoms with Crippen molar-refractivity contribution in [3.05, 3.63) is 29.8 Å². The standard InChI is InChI=1S/C15H21F3N2O2/c1-3-10(2)13(19)14(21)20-8-11-6-4-5-7-12(11)22-9-15(16,17)18/h4-7,10,13H,3,8-9,19H2,1-2H3,(H,20,21). The van der Waals surface area contributed by atoms with E-state index in [9.17, 15) is 18.0 Å². The van der Waals surface area contributed by atoms with E-state index in [-0.39, 0.29) is 24.1 Å². The van der Waals surface area contributed by atoms with Crippen LogP contribution < -0.4 is 15.8 Å². The average molecular weight is 318 g/mol. The lowest BCUT2D eigenvalue weighted by molar-refractivity contribution is -0.153. The van der Waals surface area contributed by atoms with Crippen LogP contribution in [0.3, 0.4) is 0 Å². The first-order chi connectivity index (χ1) is 10.2. The van der Waals surface area contributed by atoms with Crippen molar-refractivity contribution >= 4 is 5.91 Å². The lowest BCUT2D eigenvalue weighted by Crippen LogP contribution is -2.44. The Kier molecular flexibility index (Phi) is 6.67. The van der Waals surface area contributed by atoms with Crippen LogP contribution in [-0.2, 0) is 11.3 Å². The Morgan fingerprint density at radius 1 is 1.36 bits per heavy atom. The number of alkyl halides is 3. The molecule has 0 bridgehead atoms. The molecule has 1 aromatic carbocycles. The van der Waals surface area contributed by atoms with Gasteiger partial charge in [-0.15, -0.1) is 0 Å². The number of hydrogen-bond donors (Lipinski definition) is 2.